The largest absolute Gasteiger partial charge is 0.507 e. The highest BCUT2D eigenvalue weighted by Gasteiger charge is 2.39. The van der Waals surface area contributed by atoms with Crippen LogP contribution in [-0.2, 0) is 6.18 Å². The van der Waals surface area contributed by atoms with E-state index in [2.05, 4.69) is 20.5 Å². The van der Waals surface area contributed by atoms with E-state index in [1.807, 2.05) is 0 Å². The van der Waals surface area contributed by atoms with Crippen LogP contribution in [0.25, 0.3) is 22.0 Å². The molecule has 1 aliphatic rings. The van der Waals surface area contributed by atoms with Crippen LogP contribution < -0.4 is 5.32 Å². The smallest absolute Gasteiger partial charge is 0.416 e. The van der Waals surface area contributed by atoms with Crippen molar-refractivity contribution in [2.24, 2.45) is 5.92 Å². The Hall–Kier alpha value is -2.94. The molecule has 0 spiro atoms. The molecule has 0 radical (unpaired) electrons. The molecule has 1 aromatic carbocycles. The van der Waals surface area contributed by atoms with Gasteiger partial charge in [0, 0.05) is 34.8 Å². The zero-order valence-electron chi connectivity index (χ0n) is 16.4. The first-order valence-corrected chi connectivity index (χ1v) is 9.54. The molecule has 3 aromatic rings. The molecule has 1 fully saturated rings. The van der Waals surface area contributed by atoms with Gasteiger partial charge in [0.15, 0.2) is 5.82 Å². The first kappa shape index (κ1) is 20.3. The molecule has 30 heavy (non-hydrogen) atoms. The van der Waals surface area contributed by atoms with Gasteiger partial charge < -0.3 is 15.5 Å². The van der Waals surface area contributed by atoms with Crippen LogP contribution in [0.5, 0.6) is 5.75 Å². The Kier molecular flexibility index (Phi) is 4.80. The fourth-order valence-corrected chi connectivity index (χ4v) is 3.72. The van der Waals surface area contributed by atoms with Crippen LogP contribution >= 0.6 is 0 Å². The van der Waals surface area contributed by atoms with E-state index in [4.69, 9.17) is 0 Å². The lowest BCUT2D eigenvalue weighted by atomic mass is 9.71. The number of phenolic OH excluding ortho intramolecular Hbond substituents is 1. The minimum atomic E-state index is -4.55. The minimum Gasteiger partial charge on any atom is -0.507 e. The van der Waals surface area contributed by atoms with Crippen LogP contribution in [0.2, 0.25) is 0 Å². The van der Waals surface area contributed by atoms with E-state index >= 15 is 0 Å². The van der Waals surface area contributed by atoms with E-state index in [1.54, 1.807) is 32.3 Å². The number of hydrogen-bond donors (Lipinski definition) is 3. The number of hydrogen-bond acceptors (Lipinski definition) is 6. The average Bonchev–Trinajstić information content (AvgIpc) is 2.62. The number of halogens is 3. The molecule has 9 heteroatoms. The van der Waals surface area contributed by atoms with E-state index in [1.165, 1.54) is 6.07 Å². The van der Waals surface area contributed by atoms with E-state index in [0.717, 1.165) is 18.9 Å². The van der Waals surface area contributed by atoms with Gasteiger partial charge in [-0.3, -0.25) is 4.98 Å². The summed E-state index contributed by atoms with van der Waals surface area (Å²) in [6.07, 6.45) is 0.170. The maximum Gasteiger partial charge on any atom is 0.416 e. The number of anilines is 1. The Balaban J connectivity index is 1.67. The van der Waals surface area contributed by atoms with Gasteiger partial charge in [-0.1, -0.05) is 0 Å². The second-order valence-electron chi connectivity index (χ2n) is 8.21. The van der Waals surface area contributed by atoms with E-state index < -0.39 is 23.1 Å². The molecule has 0 aliphatic heterocycles. The molecule has 1 saturated carbocycles. The molecular weight excluding hydrogens is 397 g/mol. The number of pyridine rings is 1. The van der Waals surface area contributed by atoms with Crippen molar-refractivity contribution < 1.29 is 23.4 Å². The zero-order valence-corrected chi connectivity index (χ0v) is 16.4. The van der Waals surface area contributed by atoms with Crippen molar-refractivity contribution in [2.45, 2.75) is 44.5 Å². The molecule has 0 bridgehead atoms. The van der Waals surface area contributed by atoms with Gasteiger partial charge in [-0.25, -0.2) is 0 Å². The molecule has 2 heterocycles. The molecule has 1 aliphatic carbocycles. The lowest BCUT2D eigenvalue weighted by Gasteiger charge is -2.43. The van der Waals surface area contributed by atoms with E-state index in [0.29, 0.717) is 22.7 Å². The molecule has 0 unspecified atom stereocenters. The summed E-state index contributed by atoms with van der Waals surface area (Å²) in [4.78, 5) is 4.12. The molecule has 3 N–H and O–H groups in total. The molecule has 6 nitrogen and oxygen atoms in total. The molecule has 158 valence electrons. The summed E-state index contributed by atoms with van der Waals surface area (Å²) >= 11 is 0. The van der Waals surface area contributed by atoms with Gasteiger partial charge in [0.1, 0.15) is 11.4 Å². The van der Waals surface area contributed by atoms with Gasteiger partial charge in [0.25, 0.3) is 0 Å². The third-order valence-corrected chi connectivity index (χ3v) is 5.64. The molecule has 0 atom stereocenters. The van der Waals surface area contributed by atoms with Crippen molar-refractivity contribution in [3.05, 3.63) is 42.2 Å². The van der Waals surface area contributed by atoms with Gasteiger partial charge in [-0.15, -0.1) is 10.2 Å². The van der Waals surface area contributed by atoms with Gasteiger partial charge in [-0.2, -0.15) is 13.2 Å². The normalized spacial score (nSPS) is 19.5. The summed E-state index contributed by atoms with van der Waals surface area (Å²) in [5.41, 5.74) is -1.25. The van der Waals surface area contributed by atoms with Crippen LogP contribution in [0.3, 0.4) is 0 Å². The highest BCUT2D eigenvalue weighted by atomic mass is 19.4. The quantitative estimate of drug-likeness (QED) is 0.583. The molecule has 4 rings (SSSR count). The van der Waals surface area contributed by atoms with Gasteiger partial charge in [-0.05, 0) is 56.9 Å². The van der Waals surface area contributed by atoms with Crippen molar-refractivity contribution in [2.75, 3.05) is 5.32 Å². The highest BCUT2D eigenvalue weighted by molar-refractivity contribution is 6.00. The maximum atomic E-state index is 12.9. The summed E-state index contributed by atoms with van der Waals surface area (Å²) in [5.74, 6) is 0.174. The summed E-state index contributed by atoms with van der Waals surface area (Å²) in [6.45, 7) is 3.58. The Morgan fingerprint density at radius 2 is 1.80 bits per heavy atom. The number of nitrogens with zero attached hydrogens (tertiary/aromatic N) is 3. The molecular formula is C21H21F3N4O2. The maximum absolute atomic E-state index is 12.9. The van der Waals surface area contributed by atoms with Gasteiger partial charge >= 0.3 is 6.18 Å². The molecule has 0 saturated heterocycles. The average molecular weight is 418 g/mol. The van der Waals surface area contributed by atoms with Crippen molar-refractivity contribution in [1.82, 2.24) is 15.2 Å². The number of phenols is 1. The third kappa shape index (κ3) is 3.77. The molecule has 2 aromatic heterocycles. The zero-order chi connectivity index (χ0) is 21.7. The second kappa shape index (κ2) is 7.09. The molecule has 0 amide bonds. The fourth-order valence-electron chi connectivity index (χ4n) is 3.72. The topological polar surface area (TPSA) is 91.2 Å². The SMILES string of the molecule is CC(C)(O)[C@H]1C[C@@H](Nc2nnc(-c3ccc(C(F)(F)F)cc3O)c3ccncc23)C1. The number of benzene rings is 1. The van der Waals surface area contributed by atoms with Gasteiger partial charge in [0.2, 0.25) is 0 Å². The summed E-state index contributed by atoms with van der Waals surface area (Å²) in [6, 6.07) is 4.59. The minimum absolute atomic E-state index is 0.129. The van der Waals surface area contributed by atoms with Crippen molar-refractivity contribution in [3.8, 4) is 17.0 Å². The van der Waals surface area contributed by atoms with E-state index in [-0.39, 0.29) is 23.2 Å². The third-order valence-electron chi connectivity index (χ3n) is 5.64. The lowest BCUT2D eigenvalue weighted by Crippen LogP contribution is -2.46. The Bertz CT molecular complexity index is 1090. The Morgan fingerprint density at radius 1 is 1.07 bits per heavy atom. The predicted octanol–water partition coefficient (Wildman–Crippen LogP) is 4.38. The number of aromatic hydroxyl groups is 1. The van der Waals surface area contributed by atoms with Gasteiger partial charge in [0.05, 0.1) is 11.2 Å². The number of fused-ring (bicyclic) bond motifs is 1. The fraction of sp³-hybridized carbons (Fsp3) is 0.381. The number of aliphatic hydroxyl groups is 1. The van der Waals surface area contributed by atoms with E-state index in [9.17, 15) is 23.4 Å². The highest BCUT2D eigenvalue weighted by Crippen LogP contribution is 2.40. The number of nitrogens with one attached hydrogen (secondary N) is 1. The Labute approximate surface area is 170 Å². The van der Waals surface area contributed by atoms with Crippen LogP contribution in [0.15, 0.2) is 36.7 Å². The standard InChI is InChI=1S/C21H21F3N4O2/c1-20(2,30)12-7-13(8-12)26-19-16-10-25-6-5-14(16)18(27-28-19)15-4-3-11(9-17(15)29)21(22,23)24/h3-6,9-10,12-13,29-30H,7-8H2,1-2H3,(H,26,28)/t12-,13+. The van der Waals surface area contributed by atoms with Crippen LogP contribution in [0.4, 0.5) is 19.0 Å². The second-order valence-corrected chi connectivity index (χ2v) is 8.21. The van der Waals surface area contributed by atoms with Crippen molar-refractivity contribution in [3.63, 3.8) is 0 Å². The van der Waals surface area contributed by atoms with Crippen LogP contribution in [0.1, 0.15) is 32.3 Å². The summed E-state index contributed by atoms with van der Waals surface area (Å²) in [5, 5.41) is 33.3. The summed E-state index contributed by atoms with van der Waals surface area (Å²) in [7, 11) is 0. The number of alkyl halides is 3. The number of aromatic nitrogens is 3. The predicted molar refractivity (Wildman–Crippen MR) is 106 cm³/mol. The van der Waals surface area contributed by atoms with Crippen LogP contribution in [0, 0.1) is 5.92 Å². The number of rotatable bonds is 4. The van der Waals surface area contributed by atoms with Crippen molar-refractivity contribution >= 4 is 16.6 Å². The lowest BCUT2D eigenvalue weighted by molar-refractivity contribution is -0.137. The first-order chi connectivity index (χ1) is 14.0. The monoisotopic (exact) mass is 418 g/mol. The summed E-state index contributed by atoms with van der Waals surface area (Å²) < 4.78 is 38.7. The first-order valence-electron chi connectivity index (χ1n) is 9.54. The van der Waals surface area contributed by atoms with Crippen LogP contribution in [-0.4, -0.2) is 37.0 Å². The Morgan fingerprint density at radius 3 is 2.43 bits per heavy atom. The van der Waals surface area contributed by atoms with Crippen molar-refractivity contribution in [1.29, 1.82) is 0 Å².